The third-order valence-corrected chi connectivity index (χ3v) is 3.43. The molecule has 0 saturated heterocycles. The van der Waals surface area contributed by atoms with Crippen LogP contribution in [-0.2, 0) is 19.5 Å². The van der Waals surface area contributed by atoms with Crippen LogP contribution in [0.25, 0.3) is 0 Å². The second kappa shape index (κ2) is 8.05. The molecule has 0 spiro atoms. The number of hydrogen-bond donors (Lipinski definition) is 7. The predicted molar refractivity (Wildman–Crippen MR) is 86.1 cm³/mol. The van der Waals surface area contributed by atoms with Crippen LogP contribution in [0, 0.1) is 0 Å². The Balaban J connectivity index is 2.98. The molecule has 0 heterocycles. The summed E-state index contributed by atoms with van der Waals surface area (Å²) < 4.78 is 0. The SMILES string of the molecule is CCCCc1cc(CNC(C)(O)O)c(O)cc1CNC(C)(O)O. The lowest BCUT2D eigenvalue weighted by Crippen LogP contribution is -2.41. The lowest BCUT2D eigenvalue weighted by molar-refractivity contribution is -0.171. The van der Waals surface area contributed by atoms with E-state index in [0.717, 1.165) is 30.4 Å². The molecule has 0 bridgehead atoms. The van der Waals surface area contributed by atoms with Crippen molar-refractivity contribution in [2.24, 2.45) is 0 Å². The summed E-state index contributed by atoms with van der Waals surface area (Å²) in [5, 5.41) is 52.5. The van der Waals surface area contributed by atoms with E-state index in [9.17, 15) is 25.5 Å². The van der Waals surface area contributed by atoms with Gasteiger partial charge in [0.15, 0.2) is 0 Å². The van der Waals surface area contributed by atoms with Crippen LogP contribution in [-0.4, -0.2) is 37.4 Å². The third kappa shape index (κ3) is 7.74. The second-order valence-corrected chi connectivity index (χ2v) is 6.10. The topological polar surface area (TPSA) is 125 Å². The van der Waals surface area contributed by atoms with Gasteiger partial charge in [-0.3, -0.25) is 10.6 Å². The average Bonchev–Trinajstić information content (AvgIpc) is 2.40. The van der Waals surface area contributed by atoms with Crippen LogP contribution in [0.15, 0.2) is 12.1 Å². The number of aromatic hydroxyl groups is 1. The Kier molecular flexibility index (Phi) is 6.94. The molecule has 7 N–H and O–H groups in total. The quantitative estimate of drug-likeness (QED) is 0.324. The molecule has 0 radical (unpaired) electrons. The second-order valence-electron chi connectivity index (χ2n) is 6.10. The van der Waals surface area contributed by atoms with Gasteiger partial charge in [-0.05, 0) is 30.0 Å². The number of aryl methyl sites for hydroxylation is 1. The molecule has 7 nitrogen and oxygen atoms in total. The van der Waals surface area contributed by atoms with Crippen molar-refractivity contribution in [3.63, 3.8) is 0 Å². The molecular weight excluding hydrogens is 300 g/mol. The number of unbranched alkanes of at least 4 members (excludes halogenated alkanes) is 1. The van der Waals surface area contributed by atoms with E-state index in [4.69, 9.17) is 0 Å². The lowest BCUT2D eigenvalue weighted by Gasteiger charge is -2.21. The first-order valence-electron chi connectivity index (χ1n) is 7.75. The minimum absolute atomic E-state index is 0.0105. The minimum atomic E-state index is -2.02. The first-order chi connectivity index (χ1) is 10.5. The van der Waals surface area contributed by atoms with E-state index in [2.05, 4.69) is 17.6 Å². The predicted octanol–water partition coefficient (Wildman–Crippen LogP) is 0.231. The fourth-order valence-corrected chi connectivity index (χ4v) is 2.16. The van der Waals surface area contributed by atoms with Crippen molar-refractivity contribution in [2.45, 2.75) is 64.9 Å². The van der Waals surface area contributed by atoms with Crippen LogP contribution in [0.2, 0.25) is 0 Å². The zero-order valence-electron chi connectivity index (χ0n) is 13.9. The molecule has 0 aliphatic rings. The van der Waals surface area contributed by atoms with Gasteiger partial charge in [0.1, 0.15) is 5.75 Å². The van der Waals surface area contributed by atoms with Crippen molar-refractivity contribution < 1.29 is 25.5 Å². The number of hydrogen-bond acceptors (Lipinski definition) is 7. The van der Waals surface area contributed by atoms with Crippen LogP contribution in [0.4, 0.5) is 0 Å². The van der Waals surface area contributed by atoms with Gasteiger partial charge in [-0.1, -0.05) is 19.4 Å². The summed E-state index contributed by atoms with van der Waals surface area (Å²) in [7, 11) is 0. The largest absolute Gasteiger partial charge is 0.508 e. The zero-order valence-corrected chi connectivity index (χ0v) is 13.9. The van der Waals surface area contributed by atoms with Crippen LogP contribution in [0.5, 0.6) is 5.75 Å². The van der Waals surface area contributed by atoms with Gasteiger partial charge in [0, 0.05) is 32.5 Å². The molecule has 23 heavy (non-hydrogen) atoms. The van der Waals surface area contributed by atoms with Gasteiger partial charge in [-0.2, -0.15) is 0 Å². The standard InChI is InChI=1S/C16H28N2O5/c1-4-5-6-11-7-13(10-18-16(3,22)23)14(19)8-12(11)9-17-15(2,20)21/h7-8,17-23H,4-6,9-10H2,1-3H3. The summed E-state index contributed by atoms with van der Waals surface area (Å²) in [5.74, 6) is -4.00. The molecule has 0 amide bonds. The van der Waals surface area contributed by atoms with E-state index in [1.807, 2.05) is 0 Å². The molecule has 0 aliphatic heterocycles. The number of benzene rings is 1. The van der Waals surface area contributed by atoms with Gasteiger partial charge in [-0.15, -0.1) is 0 Å². The van der Waals surface area contributed by atoms with Crippen molar-refractivity contribution in [2.75, 3.05) is 0 Å². The molecule has 0 aliphatic carbocycles. The minimum Gasteiger partial charge on any atom is -0.508 e. The molecule has 1 rings (SSSR count). The highest BCUT2D eigenvalue weighted by Gasteiger charge is 2.18. The summed E-state index contributed by atoms with van der Waals surface area (Å²) in [6.07, 6.45) is 2.74. The Bertz CT molecular complexity index is 506. The smallest absolute Gasteiger partial charge is 0.219 e. The summed E-state index contributed by atoms with van der Waals surface area (Å²) in [6.45, 7) is 4.79. The number of nitrogens with one attached hydrogen (secondary N) is 2. The molecule has 0 atom stereocenters. The Labute approximate surface area is 136 Å². The van der Waals surface area contributed by atoms with Crippen molar-refractivity contribution in [3.05, 3.63) is 28.8 Å². The highest BCUT2D eigenvalue weighted by atomic mass is 16.5. The van der Waals surface area contributed by atoms with Gasteiger partial charge in [0.25, 0.3) is 0 Å². The van der Waals surface area contributed by atoms with Gasteiger partial charge in [0.05, 0.1) is 0 Å². The Morgan fingerprint density at radius 2 is 1.39 bits per heavy atom. The van der Waals surface area contributed by atoms with E-state index in [1.54, 1.807) is 12.1 Å². The lowest BCUT2D eigenvalue weighted by atomic mass is 9.98. The first-order valence-corrected chi connectivity index (χ1v) is 7.75. The maximum absolute atomic E-state index is 10.1. The Morgan fingerprint density at radius 1 is 0.870 bits per heavy atom. The van der Waals surface area contributed by atoms with Crippen LogP contribution in [0.3, 0.4) is 0 Å². The van der Waals surface area contributed by atoms with E-state index in [1.165, 1.54) is 13.8 Å². The molecule has 132 valence electrons. The normalized spacial score (nSPS) is 12.7. The number of phenolic OH excluding ortho intramolecular Hbond substituents is 1. The summed E-state index contributed by atoms with van der Waals surface area (Å²) in [6, 6.07) is 3.36. The average molecular weight is 328 g/mol. The first kappa shape index (κ1) is 19.8. The maximum Gasteiger partial charge on any atom is 0.219 e. The molecule has 1 aromatic rings. The van der Waals surface area contributed by atoms with Crippen molar-refractivity contribution in [3.8, 4) is 5.75 Å². The number of aliphatic hydroxyl groups is 4. The van der Waals surface area contributed by atoms with Crippen molar-refractivity contribution in [1.29, 1.82) is 0 Å². The van der Waals surface area contributed by atoms with E-state index in [0.29, 0.717) is 5.56 Å². The van der Waals surface area contributed by atoms with Crippen LogP contribution in [0.1, 0.15) is 50.3 Å². The summed E-state index contributed by atoms with van der Waals surface area (Å²) >= 11 is 0. The zero-order chi connectivity index (χ0) is 17.7. The maximum atomic E-state index is 10.1. The molecular formula is C16H28N2O5. The monoisotopic (exact) mass is 328 g/mol. The number of phenols is 1. The van der Waals surface area contributed by atoms with Crippen molar-refractivity contribution in [1.82, 2.24) is 10.6 Å². The molecule has 7 heteroatoms. The molecule has 0 fully saturated rings. The van der Waals surface area contributed by atoms with Crippen LogP contribution < -0.4 is 10.6 Å². The van der Waals surface area contributed by atoms with Gasteiger partial charge < -0.3 is 25.5 Å². The highest BCUT2D eigenvalue weighted by Crippen LogP contribution is 2.25. The summed E-state index contributed by atoms with van der Waals surface area (Å²) in [5.41, 5.74) is 2.28. The summed E-state index contributed by atoms with van der Waals surface area (Å²) in [4.78, 5) is 0. The van der Waals surface area contributed by atoms with E-state index < -0.39 is 11.8 Å². The van der Waals surface area contributed by atoms with E-state index in [-0.39, 0.29) is 18.8 Å². The fraction of sp³-hybridized carbons (Fsp3) is 0.625. The molecule has 0 unspecified atom stereocenters. The van der Waals surface area contributed by atoms with Gasteiger partial charge in [-0.25, -0.2) is 0 Å². The van der Waals surface area contributed by atoms with Gasteiger partial charge >= 0.3 is 0 Å². The highest BCUT2D eigenvalue weighted by molar-refractivity contribution is 5.42. The fourth-order valence-electron chi connectivity index (χ4n) is 2.16. The van der Waals surface area contributed by atoms with Crippen LogP contribution >= 0.6 is 0 Å². The molecule has 1 aromatic carbocycles. The Hall–Kier alpha value is -1.22. The third-order valence-electron chi connectivity index (χ3n) is 3.43. The van der Waals surface area contributed by atoms with Crippen molar-refractivity contribution >= 4 is 0 Å². The molecule has 0 saturated carbocycles. The molecule has 0 aromatic heterocycles. The van der Waals surface area contributed by atoms with Gasteiger partial charge in [0.2, 0.25) is 11.8 Å². The Morgan fingerprint density at radius 3 is 1.87 bits per heavy atom. The van der Waals surface area contributed by atoms with E-state index >= 15 is 0 Å². The number of rotatable bonds is 9.